The van der Waals surface area contributed by atoms with Crippen LogP contribution in [0.3, 0.4) is 0 Å². The van der Waals surface area contributed by atoms with E-state index < -0.39 is 5.78 Å². The molecule has 0 aromatic rings. The Morgan fingerprint density at radius 3 is 2.90 bits per heavy atom. The van der Waals surface area contributed by atoms with Crippen molar-refractivity contribution in [3.8, 4) is 0 Å². The summed E-state index contributed by atoms with van der Waals surface area (Å²) in [4.78, 5) is 14.6. The molecule has 0 aliphatic heterocycles. The summed E-state index contributed by atoms with van der Waals surface area (Å²) < 4.78 is 0. The molecular formula is C4H7ClN2O3. The van der Waals surface area contributed by atoms with Crippen LogP contribution in [0.4, 0.5) is 0 Å². The minimum Gasteiger partial charge on any atom is -0.597 e. The number of Topliss-reactive ketones (excluding diaryl/α,β-unsaturated/α-hetero) is 1. The van der Waals surface area contributed by atoms with Gasteiger partial charge < -0.3 is 10.0 Å². The fraction of sp³-hybridized carbons (Fsp3) is 0.750. The minimum absolute atomic E-state index is 0.130. The molecule has 5 nitrogen and oxygen atoms in total. The van der Waals surface area contributed by atoms with E-state index in [0.29, 0.717) is 0 Å². The van der Waals surface area contributed by atoms with Crippen LogP contribution in [0.15, 0.2) is 5.28 Å². The molecule has 10 heavy (non-hydrogen) atoms. The molecule has 0 saturated heterocycles. The number of nitrogens with zero attached hydrogens (tertiary/aromatic N) is 2. The van der Waals surface area contributed by atoms with Crippen LogP contribution in [-0.4, -0.2) is 30.2 Å². The third kappa shape index (κ3) is 4.08. The lowest BCUT2D eigenvalue weighted by Crippen LogP contribution is -2.15. The van der Waals surface area contributed by atoms with E-state index in [4.69, 9.17) is 11.6 Å². The monoisotopic (exact) mass is 166 g/mol. The number of hydrogen-bond acceptors (Lipinski definition) is 4. The predicted molar refractivity (Wildman–Crippen MR) is 33.7 cm³/mol. The van der Waals surface area contributed by atoms with Gasteiger partial charge in [-0.05, 0) is 4.86 Å². The second-order valence-electron chi connectivity index (χ2n) is 1.45. The highest BCUT2D eigenvalue weighted by atomic mass is 35.5. The zero-order chi connectivity index (χ0) is 7.98. The maximum absolute atomic E-state index is 10.4. The molecule has 0 bridgehead atoms. The normalized spacial score (nSPS) is 11.2. The van der Waals surface area contributed by atoms with Crippen LogP contribution in [0.1, 0.15) is 0 Å². The van der Waals surface area contributed by atoms with E-state index in [0.717, 1.165) is 0 Å². The summed E-state index contributed by atoms with van der Waals surface area (Å²) >= 11 is 5.10. The Hall–Kier alpha value is -0.840. The van der Waals surface area contributed by atoms with Crippen molar-refractivity contribution < 1.29 is 14.5 Å². The van der Waals surface area contributed by atoms with Gasteiger partial charge in [-0.25, -0.2) is 0 Å². The first-order chi connectivity index (χ1) is 4.70. The van der Waals surface area contributed by atoms with Crippen LogP contribution in [0.5, 0.6) is 0 Å². The summed E-state index contributed by atoms with van der Waals surface area (Å²) in [6.45, 7) is -0.364. The molecule has 0 radical (unpaired) electrons. The summed E-state index contributed by atoms with van der Waals surface area (Å²) in [6, 6.07) is 0. The Morgan fingerprint density at radius 1 is 1.90 bits per heavy atom. The number of carbonyl (C=O) groups excluding carboxylic acids is 1. The molecule has 0 rings (SSSR count). The topological polar surface area (TPSA) is 64.7 Å². The maximum atomic E-state index is 10.4. The average Bonchev–Trinajstić information content (AvgIpc) is 1.88. The first kappa shape index (κ1) is 9.16. The largest absolute Gasteiger partial charge is 0.597 e. The molecular weight excluding hydrogens is 160 g/mol. The Bertz CT molecular complexity index is 147. The van der Waals surface area contributed by atoms with Crippen LogP contribution >= 0.6 is 11.6 Å². The standard InChI is InChI=1S/C4H7ClN2O3/c1-10-6-7(9)3-4(8)2-5/h2-3H2,1H3/b7-6+. The van der Waals surface area contributed by atoms with Crippen molar-refractivity contribution in [2.24, 2.45) is 5.28 Å². The van der Waals surface area contributed by atoms with Gasteiger partial charge in [0.1, 0.15) is 7.11 Å². The summed E-state index contributed by atoms with van der Waals surface area (Å²) in [7, 11) is 1.22. The summed E-state index contributed by atoms with van der Waals surface area (Å²) in [5, 5.41) is 13.3. The van der Waals surface area contributed by atoms with Crippen molar-refractivity contribution in [3.05, 3.63) is 5.21 Å². The average molecular weight is 167 g/mol. The molecule has 6 heteroatoms. The van der Waals surface area contributed by atoms with Gasteiger partial charge in [0.25, 0.3) is 0 Å². The van der Waals surface area contributed by atoms with Crippen molar-refractivity contribution in [2.75, 3.05) is 19.5 Å². The van der Waals surface area contributed by atoms with Crippen LogP contribution in [0, 0.1) is 5.21 Å². The van der Waals surface area contributed by atoms with Crippen LogP contribution in [0.2, 0.25) is 0 Å². The molecule has 0 unspecified atom stereocenters. The number of halogens is 1. The second kappa shape index (κ2) is 4.99. The summed E-state index contributed by atoms with van der Waals surface area (Å²) in [5.41, 5.74) is 0. The molecule has 0 heterocycles. The van der Waals surface area contributed by atoms with Gasteiger partial charge in [-0.2, -0.15) is 0 Å². The molecule has 0 aliphatic carbocycles. The molecule has 0 atom stereocenters. The van der Waals surface area contributed by atoms with Gasteiger partial charge in [0, 0.05) is 0 Å². The highest BCUT2D eigenvalue weighted by Gasteiger charge is 2.05. The lowest BCUT2D eigenvalue weighted by atomic mass is 10.5. The van der Waals surface area contributed by atoms with Gasteiger partial charge in [-0.1, -0.05) is 0 Å². The zero-order valence-electron chi connectivity index (χ0n) is 5.41. The quantitative estimate of drug-likeness (QED) is 0.262. The van der Waals surface area contributed by atoms with Gasteiger partial charge >= 0.3 is 0 Å². The minimum atomic E-state index is -0.391. The second-order valence-corrected chi connectivity index (χ2v) is 1.71. The lowest BCUT2D eigenvalue weighted by Gasteiger charge is -1.94. The van der Waals surface area contributed by atoms with E-state index in [2.05, 4.69) is 10.1 Å². The van der Waals surface area contributed by atoms with Gasteiger partial charge in [0.2, 0.25) is 12.3 Å². The SMILES string of the molecule is CO/N=[N+](/[O-])CC(=O)CCl. The summed E-state index contributed by atoms with van der Waals surface area (Å²) in [5.74, 6) is -0.574. The van der Waals surface area contributed by atoms with Crippen LogP contribution in [0.25, 0.3) is 0 Å². The van der Waals surface area contributed by atoms with Crippen molar-refractivity contribution >= 4 is 17.4 Å². The third-order valence-electron chi connectivity index (χ3n) is 0.633. The fourth-order valence-corrected chi connectivity index (χ4v) is 0.398. The molecule has 58 valence electrons. The highest BCUT2D eigenvalue weighted by molar-refractivity contribution is 6.27. The van der Waals surface area contributed by atoms with E-state index >= 15 is 0 Å². The summed E-state index contributed by atoms with van der Waals surface area (Å²) in [6.07, 6.45) is 0. The highest BCUT2D eigenvalue weighted by Crippen LogP contribution is 1.82. The van der Waals surface area contributed by atoms with Gasteiger partial charge in [-0.15, -0.1) is 11.6 Å². The molecule has 0 saturated carbocycles. The molecule has 0 N–H and O–H groups in total. The lowest BCUT2D eigenvalue weighted by molar-refractivity contribution is -0.546. The van der Waals surface area contributed by atoms with Gasteiger partial charge in [0.15, 0.2) is 5.28 Å². The third-order valence-corrected chi connectivity index (χ3v) is 0.931. The number of alkyl halides is 1. The first-order valence-electron chi connectivity index (χ1n) is 2.47. The van der Waals surface area contributed by atoms with Gasteiger partial charge in [0.05, 0.1) is 5.88 Å². The van der Waals surface area contributed by atoms with E-state index in [9.17, 15) is 10.0 Å². The Balaban J connectivity index is 3.67. The van der Waals surface area contributed by atoms with Crippen molar-refractivity contribution in [2.45, 2.75) is 0 Å². The van der Waals surface area contributed by atoms with Crippen molar-refractivity contribution in [1.82, 2.24) is 0 Å². The molecule has 0 aliphatic rings. The predicted octanol–water partition coefficient (Wildman–Crippen LogP) is 0.318. The Kier molecular flexibility index (Phi) is 4.57. The number of rotatable bonds is 4. The molecule has 0 amide bonds. The van der Waals surface area contributed by atoms with E-state index in [1.807, 2.05) is 0 Å². The smallest absolute Gasteiger partial charge is 0.243 e. The van der Waals surface area contributed by atoms with E-state index in [1.54, 1.807) is 0 Å². The Morgan fingerprint density at radius 2 is 2.50 bits per heavy atom. The van der Waals surface area contributed by atoms with E-state index in [1.165, 1.54) is 7.11 Å². The number of carbonyl (C=O) groups is 1. The van der Waals surface area contributed by atoms with E-state index in [-0.39, 0.29) is 17.3 Å². The molecule has 0 spiro atoms. The van der Waals surface area contributed by atoms with Crippen molar-refractivity contribution in [1.29, 1.82) is 0 Å². The first-order valence-corrected chi connectivity index (χ1v) is 3.00. The zero-order valence-corrected chi connectivity index (χ0v) is 6.17. The Labute approximate surface area is 62.8 Å². The van der Waals surface area contributed by atoms with Crippen molar-refractivity contribution in [3.63, 3.8) is 0 Å². The van der Waals surface area contributed by atoms with Gasteiger partial charge in [-0.3, -0.25) is 4.79 Å². The van der Waals surface area contributed by atoms with Crippen LogP contribution in [-0.2, 0) is 9.63 Å². The van der Waals surface area contributed by atoms with Crippen LogP contribution < -0.4 is 0 Å². The maximum Gasteiger partial charge on any atom is 0.243 e. The molecule has 0 fully saturated rings. The fourth-order valence-electron chi connectivity index (χ4n) is 0.313. The number of hydrogen-bond donors (Lipinski definition) is 0. The number of hydroxylamine groups is 1. The molecule has 0 aromatic heterocycles. The number of ketones is 1. The molecule has 0 aromatic carbocycles.